The van der Waals surface area contributed by atoms with Crippen molar-refractivity contribution in [2.24, 2.45) is 0 Å². The molecule has 3 aromatic rings. The fraction of sp³-hybridized carbons (Fsp3) is 0.0769. The molecule has 0 saturated heterocycles. The van der Waals surface area contributed by atoms with Crippen molar-refractivity contribution in [1.82, 2.24) is 9.97 Å². The van der Waals surface area contributed by atoms with Crippen LogP contribution >= 0.6 is 22.9 Å². The molecule has 96 valence electrons. The summed E-state index contributed by atoms with van der Waals surface area (Å²) < 4.78 is 6.24. The van der Waals surface area contributed by atoms with Crippen molar-refractivity contribution in [3.8, 4) is 0 Å². The molecule has 0 saturated carbocycles. The Bertz CT molecular complexity index is 721. The van der Waals surface area contributed by atoms with E-state index in [4.69, 9.17) is 16.0 Å². The fourth-order valence-electron chi connectivity index (χ4n) is 1.76. The van der Waals surface area contributed by atoms with Crippen LogP contribution in [0.25, 0.3) is 16.3 Å². The van der Waals surface area contributed by atoms with Crippen LogP contribution < -0.4 is 5.32 Å². The van der Waals surface area contributed by atoms with E-state index in [1.165, 1.54) is 0 Å². The molecule has 3 rings (SSSR count). The summed E-state index contributed by atoms with van der Waals surface area (Å²) in [6.45, 7) is 4.32. The van der Waals surface area contributed by atoms with Gasteiger partial charge in [0.2, 0.25) is 5.28 Å². The lowest BCUT2D eigenvalue weighted by atomic mass is 10.3. The van der Waals surface area contributed by atoms with Gasteiger partial charge in [-0.3, -0.25) is 0 Å². The zero-order valence-corrected chi connectivity index (χ0v) is 11.5. The number of fused-ring (bicyclic) bond motifs is 1. The third kappa shape index (κ3) is 2.34. The minimum Gasteiger partial charge on any atom is -0.467 e. The number of halogens is 1. The lowest BCUT2D eigenvalue weighted by Crippen LogP contribution is -2.01. The molecule has 0 bridgehead atoms. The molecule has 4 nitrogen and oxygen atoms in total. The van der Waals surface area contributed by atoms with Crippen LogP contribution in [-0.4, -0.2) is 9.97 Å². The highest BCUT2D eigenvalue weighted by molar-refractivity contribution is 7.18. The van der Waals surface area contributed by atoms with Gasteiger partial charge in [-0.25, -0.2) is 4.98 Å². The fourth-order valence-corrected chi connectivity index (χ4v) is 2.88. The van der Waals surface area contributed by atoms with Gasteiger partial charge in [0.25, 0.3) is 0 Å². The van der Waals surface area contributed by atoms with Crippen molar-refractivity contribution < 1.29 is 4.42 Å². The van der Waals surface area contributed by atoms with Crippen LogP contribution in [-0.2, 0) is 6.54 Å². The van der Waals surface area contributed by atoms with Gasteiger partial charge >= 0.3 is 0 Å². The first-order valence-corrected chi connectivity index (χ1v) is 6.87. The highest BCUT2D eigenvalue weighted by Gasteiger charge is 2.11. The third-order valence-electron chi connectivity index (χ3n) is 2.65. The number of furan rings is 1. The molecular weight excluding hydrogens is 282 g/mol. The summed E-state index contributed by atoms with van der Waals surface area (Å²) in [5.74, 6) is 1.55. The molecular formula is C13H10ClN3OS. The summed E-state index contributed by atoms with van der Waals surface area (Å²) in [4.78, 5) is 8.47. The van der Waals surface area contributed by atoms with E-state index in [-0.39, 0.29) is 5.28 Å². The lowest BCUT2D eigenvalue weighted by molar-refractivity contribution is 0.518. The van der Waals surface area contributed by atoms with Gasteiger partial charge in [-0.2, -0.15) is 4.98 Å². The van der Waals surface area contributed by atoms with E-state index in [9.17, 15) is 0 Å². The molecule has 0 amide bonds. The van der Waals surface area contributed by atoms with Crippen molar-refractivity contribution in [1.29, 1.82) is 0 Å². The van der Waals surface area contributed by atoms with Crippen LogP contribution in [0.15, 0.2) is 34.8 Å². The smallest absolute Gasteiger partial charge is 0.224 e. The quantitative estimate of drug-likeness (QED) is 0.732. The second-order valence-corrected chi connectivity index (χ2v) is 5.06. The summed E-state index contributed by atoms with van der Waals surface area (Å²) in [6.07, 6.45) is 3.40. The summed E-state index contributed by atoms with van der Waals surface area (Å²) >= 11 is 7.52. The second-order valence-electron chi connectivity index (χ2n) is 3.85. The number of rotatable bonds is 4. The molecule has 0 fully saturated rings. The molecule has 0 unspecified atom stereocenters. The number of hydrogen-bond acceptors (Lipinski definition) is 5. The van der Waals surface area contributed by atoms with Crippen molar-refractivity contribution in [2.75, 3.05) is 5.32 Å². The monoisotopic (exact) mass is 291 g/mol. The molecule has 0 atom stereocenters. The Morgan fingerprint density at radius 3 is 3.11 bits per heavy atom. The summed E-state index contributed by atoms with van der Waals surface area (Å²) in [6, 6.07) is 3.75. The number of hydrogen-bond donors (Lipinski definition) is 1. The van der Waals surface area contributed by atoms with E-state index in [0.717, 1.165) is 21.5 Å². The highest BCUT2D eigenvalue weighted by atomic mass is 35.5. The molecule has 0 radical (unpaired) electrons. The molecule has 3 aromatic heterocycles. The van der Waals surface area contributed by atoms with Gasteiger partial charge in [-0.15, -0.1) is 11.3 Å². The second kappa shape index (κ2) is 5.03. The van der Waals surface area contributed by atoms with Crippen LogP contribution in [0.5, 0.6) is 0 Å². The maximum Gasteiger partial charge on any atom is 0.224 e. The van der Waals surface area contributed by atoms with Gasteiger partial charge in [0.1, 0.15) is 11.6 Å². The van der Waals surface area contributed by atoms with Gasteiger partial charge in [-0.05, 0) is 23.7 Å². The number of thiophene rings is 1. The van der Waals surface area contributed by atoms with Crippen LogP contribution in [0.2, 0.25) is 5.28 Å². The Morgan fingerprint density at radius 1 is 1.47 bits per heavy atom. The van der Waals surface area contributed by atoms with Crippen LogP contribution in [0.3, 0.4) is 0 Å². The van der Waals surface area contributed by atoms with Crippen molar-refractivity contribution in [2.45, 2.75) is 6.54 Å². The van der Waals surface area contributed by atoms with Gasteiger partial charge in [0.05, 0.1) is 23.0 Å². The Hall–Kier alpha value is -1.85. The first-order chi connectivity index (χ1) is 9.28. The minimum absolute atomic E-state index is 0.218. The predicted molar refractivity (Wildman–Crippen MR) is 78.6 cm³/mol. The van der Waals surface area contributed by atoms with Gasteiger partial charge in [0.15, 0.2) is 0 Å². The average molecular weight is 292 g/mol. The Balaban J connectivity index is 1.98. The van der Waals surface area contributed by atoms with E-state index in [2.05, 4.69) is 21.9 Å². The zero-order valence-electron chi connectivity index (χ0n) is 9.89. The Morgan fingerprint density at radius 2 is 2.37 bits per heavy atom. The van der Waals surface area contributed by atoms with E-state index in [0.29, 0.717) is 12.4 Å². The van der Waals surface area contributed by atoms with Crippen molar-refractivity contribution >= 4 is 45.0 Å². The Labute approximate surface area is 118 Å². The SMILES string of the molecule is C=Cc1csc2c(NCc3ccco3)nc(Cl)nc12. The lowest BCUT2D eigenvalue weighted by Gasteiger charge is -2.05. The highest BCUT2D eigenvalue weighted by Crippen LogP contribution is 2.31. The number of nitrogens with zero attached hydrogens (tertiary/aromatic N) is 2. The van der Waals surface area contributed by atoms with Crippen LogP contribution in [0, 0.1) is 0 Å². The topological polar surface area (TPSA) is 51.0 Å². The van der Waals surface area contributed by atoms with Gasteiger partial charge < -0.3 is 9.73 Å². The summed E-state index contributed by atoms with van der Waals surface area (Å²) in [5.41, 5.74) is 1.78. The maximum atomic E-state index is 5.96. The molecule has 6 heteroatoms. The van der Waals surface area contributed by atoms with E-state index in [1.54, 1.807) is 23.7 Å². The summed E-state index contributed by atoms with van der Waals surface area (Å²) in [5, 5.41) is 5.42. The van der Waals surface area contributed by atoms with E-state index in [1.807, 2.05) is 17.5 Å². The van der Waals surface area contributed by atoms with Crippen molar-refractivity contribution in [3.63, 3.8) is 0 Å². The van der Waals surface area contributed by atoms with Crippen LogP contribution in [0.4, 0.5) is 5.82 Å². The first kappa shape index (κ1) is 12.2. The third-order valence-corrected chi connectivity index (χ3v) is 3.81. The molecule has 19 heavy (non-hydrogen) atoms. The van der Waals surface area contributed by atoms with Crippen LogP contribution in [0.1, 0.15) is 11.3 Å². The van der Waals surface area contributed by atoms with Gasteiger partial charge in [-0.1, -0.05) is 12.7 Å². The molecule has 3 heterocycles. The molecule has 0 aliphatic carbocycles. The van der Waals surface area contributed by atoms with E-state index < -0.39 is 0 Å². The Kier molecular flexibility index (Phi) is 3.23. The molecule has 0 aliphatic rings. The predicted octanol–water partition coefficient (Wildman–Crippen LogP) is 4.19. The number of aromatic nitrogens is 2. The summed E-state index contributed by atoms with van der Waals surface area (Å²) in [7, 11) is 0. The number of anilines is 1. The average Bonchev–Trinajstić information content (AvgIpc) is 3.04. The number of nitrogens with one attached hydrogen (secondary N) is 1. The van der Waals surface area contributed by atoms with E-state index >= 15 is 0 Å². The van der Waals surface area contributed by atoms with Gasteiger partial charge in [0, 0.05) is 10.9 Å². The van der Waals surface area contributed by atoms with Crippen molar-refractivity contribution in [3.05, 3.63) is 47.0 Å². The first-order valence-electron chi connectivity index (χ1n) is 5.61. The molecule has 0 spiro atoms. The normalized spacial score (nSPS) is 10.8. The molecule has 1 N–H and O–H groups in total. The molecule has 0 aliphatic heterocycles. The zero-order chi connectivity index (χ0) is 13.2. The minimum atomic E-state index is 0.218. The largest absolute Gasteiger partial charge is 0.467 e. The standard InChI is InChI=1S/C13H10ClN3OS/c1-2-8-7-19-11-10(8)16-13(14)17-12(11)15-6-9-4-3-5-18-9/h2-5,7H,1,6H2,(H,15,16,17). The molecule has 0 aromatic carbocycles. The maximum absolute atomic E-state index is 5.96.